The number of carboxylic acids is 1. The minimum atomic E-state index is -0.933. The first kappa shape index (κ1) is 17.2. The minimum Gasteiger partial charge on any atom is -0.497 e. The average Bonchev–Trinajstić information content (AvgIpc) is 2.45. The van der Waals surface area contributed by atoms with Gasteiger partial charge in [-0.15, -0.1) is 11.8 Å². The number of hydrogen-bond donors (Lipinski definition) is 2. The summed E-state index contributed by atoms with van der Waals surface area (Å²) in [5.74, 6) is 0.165. The van der Waals surface area contributed by atoms with Crippen molar-refractivity contribution in [1.82, 2.24) is 5.32 Å². The number of amides is 1. The molecular formula is C14H19NO5S. The Balaban J connectivity index is 2.64. The van der Waals surface area contributed by atoms with Crippen LogP contribution in [-0.2, 0) is 9.59 Å². The molecule has 7 heteroatoms. The van der Waals surface area contributed by atoms with Gasteiger partial charge in [0, 0.05) is 11.6 Å². The fourth-order valence-corrected chi connectivity index (χ4v) is 2.31. The average molecular weight is 313 g/mol. The maximum absolute atomic E-state index is 11.7. The summed E-state index contributed by atoms with van der Waals surface area (Å²) in [5.41, 5.74) is 0.829. The van der Waals surface area contributed by atoms with Crippen LogP contribution in [0, 0.1) is 0 Å². The van der Waals surface area contributed by atoms with Gasteiger partial charge in [-0.05, 0) is 19.1 Å². The molecule has 0 heterocycles. The van der Waals surface area contributed by atoms with Gasteiger partial charge in [-0.25, -0.2) is 0 Å². The lowest BCUT2D eigenvalue weighted by Gasteiger charge is -2.18. The molecule has 1 unspecified atom stereocenters. The quantitative estimate of drug-likeness (QED) is 0.760. The third kappa shape index (κ3) is 5.55. The van der Waals surface area contributed by atoms with E-state index in [4.69, 9.17) is 14.6 Å². The Bertz CT molecular complexity index is 506. The molecule has 0 radical (unpaired) electrons. The SMILES string of the molecule is COc1ccc(C(C)NC(=O)CSCC(=O)O)c(OC)c1. The second-order valence-electron chi connectivity index (χ2n) is 4.28. The first-order valence-corrected chi connectivity index (χ1v) is 7.44. The third-order valence-corrected chi connectivity index (χ3v) is 3.66. The molecule has 1 aromatic carbocycles. The van der Waals surface area contributed by atoms with Gasteiger partial charge < -0.3 is 19.9 Å². The Morgan fingerprint density at radius 2 is 2.00 bits per heavy atom. The van der Waals surface area contributed by atoms with Gasteiger partial charge in [-0.1, -0.05) is 0 Å². The van der Waals surface area contributed by atoms with Crippen LogP contribution in [0.2, 0.25) is 0 Å². The van der Waals surface area contributed by atoms with Crippen molar-refractivity contribution in [2.45, 2.75) is 13.0 Å². The molecule has 0 aliphatic heterocycles. The number of carbonyl (C=O) groups excluding carboxylic acids is 1. The van der Waals surface area contributed by atoms with Gasteiger partial charge in [-0.3, -0.25) is 9.59 Å². The number of thioether (sulfide) groups is 1. The summed E-state index contributed by atoms with van der Waals surface area (Å²) >= 11 is 1.06. The highest BCUT2D eigenvalue weighted by Gasteiger charge is 2.15. The maximum Gasteiger partial charge on any atom is 0.313 e. The number of rotatable bonds is 8. The van der Waals surface area contributed by atoms with Crippen molar-refractivity contribution in [1.29, 1.82) is 0 Å². The van der Waals surface area contributed by atoms with Crippen molar-refractivity contribution < 1.29 is 24.2 Å². The lowest BCUT2D eigenvalue weighted by molar-refractivity contribution is -0.133. The summed E-state index contributed by atoms with van der Waals surface area (Å²) in [5, 5.41) is 11.3. The van der Waals surface area contributed by atoms with Crippen molar-refractivity contribution in [2.24, 2.45) is 0 Å². The van der Waals surface area contributed by atoms with E-state index in [-0.39, 0.29) is 23.5 Å². The Hall–Kier alpha value is -1.89. The van der Waals surface area contributed by atoms with Crippen molar-refractivity contribution in [3.05, 3.63) is 23.8 Å². The van der Waals surface area contributed by atoms with E-state index < -0.39 is 5.97 Å². The van der Waals surface area contributed by atoms with Crippen LogP contribution in [0.5, 0.6) is 11.5 Å². The molecule has 0 saturated carbocycles. The van der Waals surface area contributed by atoms with Crippen molar-refractivity contribution >= 4 is 23.6 Å². The monoisotopic (exact) mass is 313 g/mol. The van der Waals surface area contributed by atoms with Crippen LogP contribution >= 0.6 is 11.8 Å². The number of aliphatic carboxylic acids is 1. The lowest BCUT2D eigenvalue weighted by Crippen LogP contribution is -2.28. The molecule has 116 valence electrons. The number of nitrogens with one attached hydrogen (secondary N) is 1. The van der Waals surface area contributed by atoms with Gasteiger partial charge in [0.2, 0.25) is 5.91 Å². The number of carboxylic acid groups (broad SMARTS) is 1. The van der Waals surface area contributed by atoms with Crippen LogP contribution < -0.4 is 14.8 Å². The van der Waals surface area contributed by atoms with Gasteiger partial charge in [0.05, 0.1) is 31.8 Å². The molecule has 1 aromatic rings. The summed E-state index contributed by atoms with van der Waals surface area (Å²) in [6.07, 6.45) is 0. The summed E-state index contributed by atoms with van der Waals surface area (Å²) in [6, 6.07) is 5.12. The highest BCUT2D eigenvalue weighted by atomic mass is 32.2. The summed E-state index contributed by atoms with van der Waals surface area (Å²) in [7, 11) is 3.12. The Morgan fingerprint density at radius 3 is 2.57 bits per heavy atom. The van der Waals surface area contributed by atoms with E-state index in [0.717, 1.165) is 17.3 Å². The number of carbonyl (C=O) groups is 2. The largest absolute Gasteiger partial charge is 0.497 e. The van der Waals surface area contributed by atoms with Crippen molar-refractivity contribution in [2.75, 3.05) is 25.7 Å². The molecule has 0 saturated heterocycles. The predicted octanol–water partition coefficient (Wildman–Crippen LogP) is 1.70. The van der Waals surface area contributed by atoms with Gasteiger partial charge in [0.25, 0.3) is 0 Å². The molecule has 0 spiro atoms. The number of benzene rings is 1. The molecule has 0 aliphatic carbocycles. The van der Waals surface area contributed by atoms with E-state index in [2.05, 4.69) is 5.32 Å². The van der Waals surface area contributed by atoms with Crippen LogP contribution in [-0.4, -0.2) is 42.7 Å². The summed E-state index contributed by atoms with van der Waals surface area (Å²) < 4.78 is 10.4. The summed E-state index contributed by atoms with van der Waals surface area (Å²) in [6.45, 7) is 1.84. The van der Waals surface area contributed by atoms with Crippen LogP contribution in [0.4, 0.5) is 0 Å². The Morgan fingerprint density at radius 1 is 1.29 bits per heavy atom. The highest BCUT2D eigenvalue weighted by molar-refractivity contribution is 8.00. The Kier molecular flexibility index (Phi) is 6.87. The number of hydrogen-bond acceptors (Lipinski definition) is 5. The van der Waals surface area contributed by atoms with Crippen molar-refractivity contribution in [3.63, 3.8) is 0 Å². The molecule has 1 rings (SSSR count). The van der Waals surface area contributed by atoms with E-state index in [9.17, 15) is 9.59 Å². The summed E-state index contributed by atoms with van der Waals surface area (Å²) in [4.78, 5) is 22.1. The smallest absolute Gasteiger partial charge is 0.313 e. The third-order valence-electron chi connectivity index (χ3n) is 2.74. The first-order chi connectivity index (χ1) is 9.97. The van der Waals surface area contributed by atoms with Gasteiger partial charge in [0.1, 0.15) is 11.5 Å². The van der Waals surface area contributed by atoms with E-state index in [1.165, 1.54) is 0 Å². The zero-order valence-electron chi connectivity index (χ0n) is 12.2. The van der Waals surface area contributed by atoms with Crippen LogP contribution in [0.3, 0.4) is 0 Å². The van der Waals surface area contributed by atoms with Crippen LogP contribution in [0.1, 0.15) is 18.5 Å². The first-order valence-electron chi connectivity index (χ1n) is 6.28. The second-order valence-corrected chi connectivity index (χ2v) is 5.27. The molecule has 0 bridgehead atoms. The molecule has 0 aliphatic rings. The van der Waals surface area contributed by atoms with Crippen LogP contribution in [0.25, 0.3) is 0 Å². The molecule has 0 aromatic heterocycles. The van der Waals surface area contributed by atoms with E-state index >= 15 is 0 Å². The van der Waals surface area contributed by atoms with E-state index in [0.29, 0.717) is 11.5 Å². The lowest BCUT2D eigenvalue weighted by atomic mass is 10.1. The van der Waals surface area contributed by atoms with Crippen molar-refractivity contribution in [3.8, 4) is 11.5 Å². The molecule has 21 heavy (non-hydrogen) atoms. The molecule has 6 nitrogen and oxygen atoms in total. The molecule has 2 N–H and O–H groups in total. The zero-order valence-corrected chi connectivity index (χ0v) is 13.0. The molecule has 1 atom stereocenters. The van der Waals surface area contributed by atoms with E-state index in [1.54, 1.807) is 26.4 Å². The zero-order chi connectivity index (χ0) is 15.8. The Labute approximate surface area is 127 Å². The van der Waals surface area contributed by atoms with Gasteiger partial charge >= 0.3 is 5.97 Å². The topological polar surface area (TPSA) is 84.9 Å². The fourth-order valence-electron chi connectivity index (χ4n) is 1.77. The number of methoxy groups -OCH3 is 2. The van der Waals surface area contributed by atoms with E-state index in [1.807, 2.05) is 13.0 Å². The molecule has 1 amide bonds. The molecule has 0 fully saturated rings. The maximum atomic E-state index is 11.7. The van der Waals surface area contributed by atoms with Gasteiger partial charge in [0.15, 0.2) is 0 Å². The fraction of sp³-hybridized carbons (Fsp3) is 0.429. The normalized spacial score (nSPS) is 11.6. The number of ether oxygens (including phenoxy) is 2. The molecular weight excluding hydrogens is 294 g/mol. The predicted molar refractivity (Wildman–Crippen MR) is 81.1 cm³/mol. The minimum absolute atomic E-state index is 0.0896. The van der Waals surface area contributed by atoms with Gasteiger partial charge in [-0.2, -0.15) is 0 Å². The second kappa shape index (κ2) is 8.41. The standard InChI is InChI=1S/C14H19NO5S/c1-9(15-13(16)7-21-8-14(17)18)11-5-4-10(19-2)6-12(11)20-3/h4-6,9H,7-8H2,1-3H3,(H,15,16)(H,17,18). The highest BCUT2D eigenvalue weighted by Crippen LogP contribution is 2.29. The van der Waals surface area contributed by atoms with Crippen LogP contribution in [0.15, 0.2) is 18.2 Å².